The van der Waals surface area contributed by atoms with E-state index in [1.54, 1.807) is 4.90 Å². The van der Waals surface area contributed by atoms with Gasteiger partial charge in [-0.3, -0.25) is 9.59 Å². The van der Waals surface area contributed by atoms with Crippen LogP contribution in [0.4, 0.5) is 0 Å². The maximum atomic E-state index is 13.3. The van der Waals surface area contributed by atoms with Gasteiger partial charge in [0.05, 0.1) is 0 Å². The van der Waals surface area contributed by atoms with Crippen molar-refractivity contribution in [3.05, 3.63) is 95.6 Å². The number of fused-ring (bicyclic) bond motifs is 1. The van der Waals surface area contributed by atoms with Gasteiger partial charge in [-0.05, 0) is 28.8 Å². The number of hydrogen-bond donors (Lipinski definition) is 1. The summed E-state index contributed by atoms with van der Waals surface area (Å²) in [5, 5.41) is 3.00. The second kappa shape index (κ2) is 10.0. The number of benzene rings is 3. The Labute approximate surface area is 187 Å². The lowest BCUT2D eigenvalue weighted by atomic mass is 10.0. The molecular formula is C26H26N2O4. The summed E-state index contributed by atoms with van der Waals surface area (Å²) in [6, 6.07) is 24.4. The van der Waals surface area contributed by atoms with E-state index in [1.165, 1.54) is 6.92 Å². The highest BCUT2D eigenvalue weighted by Gasteiger charge is 2.28. The molecule has 4 rings (SSSR count). The van der Waals surface area contributed by atoms with Crippen molar-refractivity contribution in [2.24, 2.45) is 0 Å². The highest BCUT2D eigenvalue weighted by molar-refractivity contribution is 5.87. The molecule has 0 fully saturated rings. The van der Waals surface area contributed by atoms with Crippen molar-refractivity contribution >= 4 is 11.8 Å². The Hall–Kier alpha value is -3.80. The topological polar surface area (TPSA) is 67.9 Å². The van der Waals surface area contributed by atoms with Gasteiger partial charge in [0.2, 0.25) is 18.6 Å². The van der Waals surface area contributed by atoms with E-state index in [9.17, 15) is 9.59 Å². The summed E-state index contributed by atoms with van der Waals surface area (Å²) in [6.45, 7) is 2.41. The normalized spacial score (nSPS) is 12.8. The first-order chi connectivity index (χ1) is 15.6. The largest absolute Gasteiger partial charge is 0.454 e. The van der Waals surface area contributed by atoms with Crippen LogP contribution in [0, 0.1) is 0 Å². The molecule has 0 unspecified atom stereocenters. The van der Waals surface area contributed by atoms with Crippen LogP contribution in [-0.4, -0.2) is 29.5 Å². The van der Waals surface area contributed by atoms with Crippen molar-refractivity contribution in [1.82, 2.24) is 10.2 Å². The fourth-order valence-electron chi connectivity index (χ4n) is 3.76. The van der Waals surface area contributed by atoms with E-state index < -0.39 is 6.04 Å². The van der Waals surface area contributed by atoms with Gasteiger partial charge in [-0.1, -0.05) is 66.7 Å². The minimum absolute atomic E-state index is 0.145. The Bertz CT molecular complexity index is 1070. The van der Waals surface area contributed by atoms with Crippen LogP contribution in [0.1, 0.15) is 23.6 Å². The van der Waals surface area contributed by atoms with Crippen molar-refractivity contribution in [2.75, 3.05) is 6.79 Å². The van der Waals surface area contributed by atoms with E-state index in [-0.39, 0.29) is 18.6 Å². The van der Waals surface area contributed by atoms with Crippen molar-refractivity contribution in [2.45, 2.75) is 32.5 Å². The van der Waals surface area contributed by atoms with E-state index in [2.05, 4.69) is 5.32 Å². The number of carbonyl (C=O) groups excluding carboxylic acids is 2. The van der Waals surface area contributed by atoms with Crippen molar-refractivity contribution in [1.29, 1.82) is 0 Å². The van der Waals surface area contributed by atoms with Gasteiger partial charge in [-0.2, -0.15) is 0 Å². The smallest absolute Gasteiger partial charge is 0.243 e. The summed E-state index contributed by atoms with van der Waals surface area (Å²) < 4.78 is 10.8. The summed E-state index contributed by atoms with van der Waals surface area (Å²) in [4.78, 5) is 27.6. The number of nitrogens with zero attached hydrogens (tertiary/aromatic N) is 1. The third kappa shape index (κ3) is 5.27. The molecule has 0 radical (unpaired) electrons. The van der Waals surface area contributed by atoms with Crippen molar-refractivity contribution < 1.29 is 19.1 Å². The molecule has 1 atom stereocenters. The van der Waals surface area contributed by atoms with Crippen LogP contribution in [0.3, 0.4) is 0 Å². The van der Waals surface area contributed by atoms with E-state index in [0.717, 1.165) is 16.7 Å². The predicted molar refractivity (Wildman–Crippen MR) is 121 cm³/mol. The van der Waals surface area contributed by atoms with Crippen LogP contribution < -0.4 is 14.8 Å². The monoisotopic (exact) mass is 430 g/mol. The zero-order chi connectivity index (χ0) is 22.3. The van der Waals surface area contributed by atoms with E-state index in [4.69, 9.17) is 9.47 Å². The number of amides is 2. The zero-order valence-electron chi connectivity index (χ0n) is 18.0. The van der Waals surface area contributed by atoms with Crippen LogP contribution in [0.2, 0.25) is 0 Å². The van der Waals surface area contributed by atoms with Gasteiger partial charge in [-0.25, -0.2) is 0 Å². The lowest BCUT2D eigenvalue weighted by molar-refractivity contribution is -0.139. The third-order valence-electron chi connectivity index (χ3n) is 5.45. The number of carbonyl (C=O) groups is 2. The number of ether oxygens (including phenoxy) is 2. The summed E-state index contributed by atoms with van der Waals surface area (Å²) in [5.41, 5.74) is 2.87. The maximum Gasteiger partial charge on any atom is 0.243 e. The first-order valence-electron chi connectivity index (χ1n) is 10.6. The molecule has 3 aromatic carbocycles. The molecular weight excluding hydrogens is 404 g/mol. The third-order valence-corrected chi connectivity index (χ3v) is 5.45. The highest BCUT2D eigenvalue weighted by Crippen LogP contribution is 2.32. The minimum Gasteiger partial charge on any atom is -0.454 e. The summed E-state index contributed by atoms with van der Waals surface area (Å²) in [7, 11) is 0. The molecule has 3 aromatic rings. The Kier molecular flexibility index (Phi) is 6.70. The first kappa shape index (κ1) is 21.4. The van der Waals surface area contributed by atoms with Gasteiger partial charge in [0, 0.05) is 26.4 Å². The molecule has 32 heavy (non-hydrogen) atoms. The van der Waals surface area contributed by atoms with Crippen molar-refractivity contribution in [3.63, 3.8) is 0 Å². The molecule has 1 N–H and O–H groups in total. The molecule has 6 heteroatoms. The SMILES string of the molecule is CC(=O)N(Cc1ccccc1)[C@@H](Cc1ccccc1)C(=O)NCc1ccc2c(c1)OCO2. The minimum atomic E-state index is -0.635. The second-order valence-electron chi connectivity index (χ2n) is 7.74. The Morgan fingerprint density at radius 3 is 2.22 bits per heavy atom. The number of hydrogen-bond acceptors (Lipinski definition) is 4. The maximum absolute atomic E-state index is 13.3. The van der Waals surface area contributed by atoms with Crippen molar-refractivity contribution in [3.8, 4) is 11.5 Å². The lowest BCUT2D eigenvalue weighted by Crippen LogP contribution is -2.49. The van der Waals surface area contributed by atoms with Gasteiger partial charge in [0.15, 0.2) is 11.5 Å². The lowest BCUT2D eigenvalue weighted by Gasteiger charge is -2.30. The first-order valence-corrected chi connectivity index (χ1v) is 10.6. The van der Waals surface area contributed by atoms with Crippen LogP contribution in [0.25, 0.3) is 0 Å². The summed E-state index contributed by atoms with van der Waals surface area (Å²) in [6.07, 6.45) is 0.431. The standard InChI is InChI=1S/C26H26N2O4/c1-19(29)28(17-21-10-6-3-7-11-21)23(14-20-8-4-2-5-9-20)26(30)27-16-22-12-13-24-25(15-22)32-18-31-24/h2-13,15,23H,14,16-18H2,1H3,(H,27,30)/t23-/m0/s1. The molecule has 164 valence electrons. The van der Waals surface area contributed by atoms with Gasteiger partial charge < -0.3 is 19.7 Å². The number of nitrogens with one attached hydrogen (secondary N) is 1. The fourth-order valence-corrected chi connectivity index (χ4v) is 3.76. The molecule has 1 aliphatic heterocycles. The molecule has 2 amide bonds. The Morgan fingerprint density at radius 1 is 0.875 bits per heavy atom. The van der Waals surface area contributed by atoms with Gasteiger partial charge >= 0.3 is 0 Å². The average Bonchev–Trinajstić information content (AvgIpc) is 3.29. The summed E-state index contributed by atoms with van der Waals surface area (Å²) in [5.74, 6) is 1.03. The van der Waals surface area contributed by atoms with Crippen LogP contribution in [0.15, 0.2) is 78.9 Å². The molecule has 0 bridgehead atoms. The molecule has 0 spiro atoms. The van der Waals surface area contributed by atoms with Crippen LogP contribution in [0.5, 0.6) is 11.5 Å². The van der Waals surface area contributed by atoms with E-state index >= 15 is 0 Å². The fraction of sp³-hybridized carbons (Fsp3) is 0.231. The molecule has 6 nitrogen and oxygen atoms in total. The quantitative estimate of drug-likeness (QED) is 0.592. The van der Waals surface area contributed by atoms with E-state index in [1.807, 2.05) is 78.9 Å². The average molecular weight is 431 g/mol. The zero-order valence-corrected chi connectivity index (χ0v) is 18.0. The Balaban J connectivity index is 1.53. The molecule has 0 aromatic heterocycles. The molecule has 0 aliphatic carbocycles. The second-order valence-corrected chi connectivity index (χ2v) is 7.74. The Morgan fingerprint density at radius 2 is 1.53 bits per heavy atom. The van der Waals surface area contributed by atoms with Crippen LogP contribution in [-0.2, 0) is 29.1 Å². The molecule has 0 saturated heterocycles. The van der Waals surface area contributed by atoms with E-state index in [0.29, 0.717) is 31.0 Å². The molecule has 0 saturated carbocycles. The molecule has 1 heterocycles. The number of rotatable bonds is 8. The summed E-state index contributed by atoms with van der Waals surface area (Å²) >= 11 is 0. The highest BCUT2D eigenvalue weighted by atomic mass is 16.7. The van der Waals surface area contributed by atoms with Crippen LogP contribution >= 0.6 is 0 Å². The van der Waals surface area contributed by atoms with Gasteiger partial charge in [0.1, 0.15) is 6.04 Å². The van der Waals surface area contributed by atoms with Gasteiger partial charge in [0.25, 0.3) is 0 Å². The predicted octanol–water partition coefficient (Wildman–Crippen LogP) is 3.69. The van der Waals surface area contributed by atoms with Gasteiger partial charge in [-0.15, -0.1) is 0 Å². The molecule has 1 aliphatic rings.